The van der Waals surface area contributed by atoms with E-state index in [0.717, 1.165) is 22.0 Å². The van der Waals surface area contributed by atoms with Crippen molar-refractivity contribution in [2.24, 2.45) is 0 Å². The Morgan fingerprint density at radius 3 is 2.50 bits per heavy atom. The van der Waals surface area contributed by atoms with Crippen molar-refractivity contribution in [3.05, 3.63) is 81.5 Å². The molecule has 0 fully saturated rings. The summed E-state index contributed by atoms with van der Waals surface area (Å²) in [7, 11) is 6.30. The summed E-state index contributed by atoms with van der Waals surface area (Å²) in [6.45, 7) is 3.49. The Bertz CT molecular complexity index is 1450. The standard InChI is InChI=1S/C27H26N2O4S/c1-16-5-8-20-23(13-16)33-24-15-18(30)7-10-21(24)25(20)22-14-17(6-9-19(22)27(31)32)26(34)28-11-12-29(2,3)4/h5-10,13-15H,11-12H2,1-4H3,(H-,28,31,32,34). The Hall–Kier alpha value is -3.55. The number of carboxylic acid groups (broad SMARTS) is 1. The molecular weight excluding hydrogens is 448 g/mol. The first-order chi connectivity index (χ1) is 16.0. The van der Waals surface area contributed by atoms with Crippen molar-refractivity contribution in [1.82, 2.24) is 5.32 Å². The van der Waals surface area contributed by atoms with E-state index in [-0.39, 0.29) is 11.0 Å². The topological polar surface area (TPSA) is 82.4 Å². The number of hydrogen-bond acceptors (Lipinski definition) is 5. The summed E-state index contributed by atoms with van der Waals surface area (Å²) < 4.78 is 6.82. The second kappa shape index (κ2) is 9.00. The van der Waals surface area contributed by atoms with E-state index >= 15 is 0 Å². The number of quaternary nitrogens is 1. The number of benzene rings is 3. The number of fused-ring (bicyclic) bond motifs is 2. The number of carbonyl (C=O) groups is 1. The van der Waals surface area contributed by atoms with Crippen LogP contribution in [-0.4, -0.2) is 49.7 Å². The van der Waals surface area contributed by atoms with Crippen LogP contribution in [0.5, 0.6) is 0 Å². The van der Waals surface area contributed by atoms with Crippen molar-refractivity contribution in [3.8, 4) is 22.5 Å². The van der Waals surface area contributed by atoms with E-state index in [2.05, 4.69) is 26.5 Å². The third kappa shape index (κ3) is 4.85. The lowest BCUT2D eigenvalue weighted by Gasteiger charge is -2.24. The number of nitrogens with zero attached hydrogens (tertiary/aromatic N) is 1. The summed E-state index contributed by atoms with van der Waals surface area (Å²) in [6.07, 6.45) is 0. The molecule has 0 unspecified atom stereocenters. The zero-order valence-electron chi connectivity index (χ0n) is 19.6. The molecule has 0 amide bonds. The first-order valence-corrected chi connectivity index (χ1v) is 11.4. The Balaban J connectivity index is 1.93. The fourth-order valence-electron chi connectivity index (χ4n) is 3.95. The molecule has 7 heteroatoms. The number of hydrogen-bond donors (Lipinski definition) is 1. The average molecular weight is 475 g/mol. The van der Waals surface area contributed by atoms with Gasteiger partial charge in [0, 0.05) is 33.7 Å². The lowest BCUT2D eigenvalue weighted by molar-refractivity contribution is -0.869. The van der Waals surface area contributed by atoms with Crippen LogP contribution in [0.1, 0.15) is 21.5 Å². The zero-order chi connectivity index (χ0) is 24.6. The summed E-state index contributed by atoms with van der Waals surface area (Å²) in [5.74, 6) is -0.904. The van der Waals surface area contributed by atoms with Crippen LogP contribution in [0.25, 0.3) is 33.4 Å². The highest BCUT2D eigenvalue weighted by Crippen LogP contribution is 2.41. The summed E-state index contributed by atoms with van der Waals surface area (Å²) >= 11 is 5.61. The molecule has 1 aliphatic carbocycles. The van der Waals surface area contributed by atoms with Gasteiger partial charge in [-0.15, -0.1) is 0 Å². The number of nitrogens with one attached hydrogen (secondary N) is 1. The summed E-state index contributed by atoms with van der Waals surface area (Å²) in [5.41, 5.74) is 3.85. The molecule has 0 saturated carbocycles. The monoisotopic (exact) mass is 474 g/mol. The molecule has 1 heterocycles. The first-order valence-electron chi connectivity index (χ1n) is 11.0. The van der Waals surface area contributed by atoms with E-state index < -0.39 is 5.97 Å². The molecule has 0 spiro atoms. The molecule has 6 nitrogen and oxygen atoms in total. The van der Waals surface area contributed by atoms with Gasteiger partial charge in [-0.05, 0) is 42.3 Å². The summed E-state index contributed by atoms with van der Waals surface area (Å²) in [6, 6.07) is 15.2. The van der Waals surface area contributed by atoms with Gasteiger partial charge in [-0.25, -0.2) is 0 Å². The second-order valence-electron chi connectivity index (χ2n) is 9.45. The lowest BCUT2D eigenvalue weighted by atomic mass is 9.89. The minimum atomic E-state index is -1.29. The molecule has 0 radical (unpaired) electrons. The number of likely N-dealkylation sites (N-methyl/N-ethyl adjacent to an activating group) is 1. The van der Waals surface area contributed by atoms with Crippen molar-refractivity contribution in [2.45, 2.75) is 6.92 Å². The molecule has 34 heavy (non-hydrogen) atoms. The van der Waals surface area contributed by atoms with Crippen LogP contribution < -0.4 is 15.9 Å². The number of aryl methyl sites for hydroxylation is 1. The summed E-state index contributed by atoms with van der Waals surface area (Å²) in [4.78, 5) is 24.7. The Morgan fingerprint density at radius 1 is 1.03 bits per heavy atom. The van der Waals surface area contributed by atoms with Crippen molar-refractivity contribution >= 4 is 34.1 Å². The Morgan fingerprint density at radius 2 is 1.79 bits per heavy atom. The molecule has 174 valence electrons. The van der Waals surface area contributed by atoms with Gasteiger partial charge in [0.15, 0.2) is 5.43 Å². The molecule has 2 aliphatic rings. The number of aromatic carboxylic acids is 1. The highest BCUT2D eigenvalue weighted by molar-refractivity contribution is 7.80. The number of rotatable bonds is 6. The highest BCUT2D eigenvalue weighted by atomic mass is 32.1. The lowest BCUT2D eigenvalue weighted by Crippen LogP contribution is -2.41. The molecule has 0 saturated heterocycles. The van der Waals surface area contributed by atoms with E-state index in [1.807, 2.05) is 25.1 Å². The molecule has 0 atom stereocenters. The Kier molecular flexibility index (Phi) is 6.25. The third-order valence-electron chi connectivity index (χ3n) is 5.69. The van der Waals surface area contributed by atoms with Crippen molar-refractivity contribution in [2.75, 3.05) is 34.2 Å². The average Bonchev–Trinajstić information content (AvgIpc) is 2.75. The van der Waals surface area contributed by atoms with Crippen LogP contribution in [-0.2, 0) is 0 Å². The van der Waals surface area contributed by atoms with Crippen molar-refractivity contribution in [3.63, 3.8) is 0 Å². The normalized spacial score (nSPS) is 11.6. The maximum absolute atomic E-state index is 12.1. The highest BCUT2D eigenvalue weighted by Gasteiger charge is 2.21. The SMILES string of the molecule is Cc1ccc2c(-c3cc(C(=S)NCC[N+](C)(C)C)ccc3C(=O)[O-])c3ccc(=O)cc-3oc2c1. The van der Waals surface area contributed by atoms with E-state index in [1.54, 1.807) is 18.2 Å². The quantitative estimate of drug-likeness (QED) is 0.263. The van der Waals surface area contributed by atoms with Crippen LogP contribution in [0.2, 0.25) is 0 Å². The summed E-state index contributed by atoms with van der Waals surface area (Å²) in [5, 5.41) is 16.1. The number of carbonyl (C=O) groups excluding carboxylic acids is 1. The van der Waals surface area contributed by atoms with Crippen LogP contribution in [0, 0.1) is 6.92 Å². The van der Waals surface area contributed by atoms with Gasteiger partial charge in [-0.1, -0.05) is 36.5 Å². The molecule has 0 aromatic heterocycles. The minimum absolute atomic E-state index is 0.0403. The molecule has 1 aliphatic heterocycles. The third-order valence-corrected chi connectivity index (χ3v) is 6.07. The molecule has 4 rings (SSSR count). The van der Waals surface area contributed by atoms with Gasteiger partial charge in [0.1, 0.15) is 16.3 Å². The maximum atomic E-state index is 12.1. The van der Waals surface area contributed by atoms with Crippen molar-refractivity contribution < 1.29 is 18.8 Å². The van der Waals surface area contributed by atoms with E-state index in [0.29, 0.717) is 45.1 Å². The van der Waals surface area contributed by atoms with Gasteiger partial charge in [0.25, 0.3) is 0 Å². The second-order valence-corrected chi connectivity index (χ2v) is 9.86. The predicted octanol–water partition coefficient (Wildman–Crippen LogP) is 3.21. The first kappa shape index (κ1) is 23.6. The van der Waals surface area contributed by atoms with Crippen LogP contribution >= 0.6 is 12.2 Å². The smallest absolute Gasteiger partial charge is 0.182 e. The largest absolute Gasteiger partial charge is 0.545 e. The van der Waals surface area contributed by atoms with Gasteiger partial charge in [-0.2, -0.15) is 0 Å². The van der Waals surface area contributed by atoms with Gasteiger partial charge in [0.2, 0.25) is 0 Å². The predicted molar refractivity (Wildman–Crippen MR) is 136 cm³/mol. The molecule has 0 bridgehead atoms. The van der Waals surface area contributed by atoms with Gasteiger partial charge in [0.05, 0.1) is 40.2 Å². The minimum Gasteiger partial charge on any atom is -0.545 e. The van der Waals surface area contributed by atoms with Crippen LogP contribution in [0.4, 0.5) is 0 Å². The molecule has 1 N–H and O–H groups in total. The molecule has 2 aromatic rings. The molecule has 2 aromatic carbocycles. The fourth-order valence-corrected chi connectivity index (χ4v) is 4.17. The Labute approximate surface area is 203 Å². The van der Waals surface area contributed by atoms with E-state index in [4.69, 9.17) is 16.6 Å². The maximum Gasteiger partial charge on any atom is 0.182 e. The van der Waals surface area contributed by atoms with Crippen LogP contribution in [0.15, 0.2) is 63.8 Å². The van der Waals surface area contributed by atoms with Gasteiger partial charge < -0.3 is 24.1 Å². The number of thiocarbonyl (C=S) groups is 1. The van der Waals surface area contributed by atoms with Gasteiger partial charge >= 0.3 is 0 Å². The number of carboxylic acids is 1. The van der Waals surface area contributed by atoms with Crippen LogP contribution in [0.3, 0.4) is 0 Å². The van der Waals surface area contributed by atoms with Crippen molar-refractivity contribution in [1.29, 1.82) is 0 Å². The van der Waals surface area contributed by atoms with Gasteiger partial charge in [-0.3, -0.25) is 4.79 Å². The van der Waals surface area contributed by atoms with E-state index in [1.165, 1.54) is 18.2 Å². The molecular formula is C27H26N2O4S. The fraction of sp³-hybridized carbons (Fsp3) is 0.222. The zero-order valence-corrected chi connectivity index (χ0v) is 20.4. The van der Waals surface area contributed by atoms with E-state index in [9.17, 15) is 14.7 Å².